The smallest absolute Gasteiger partial charge is 0.238 e. The standard InChI is InChI=1S/C45H27N5O/c1-3-13-28(14-4-1)43-46-44(29-23-26-40-35(27-29)32-18-9-12-22-39(32)51-40)48-45(47-43)50-37-21-11-8-19-34(37)41-38(50)25-24-33-31-17-7-10-20-36(31)49(42(33)41)30-15-5-2-6-16-30/h1-27H. The molecule has 4 aromatic heterocycles. The van der Waals surface area contributed by atoms with E-state index in [4.69, 9.17) is 19.4 Å². The summed E-state index contributed by atoms with van der Waals surface area (Å²) in [5, 5.41) is 6.79. The molecule has 0 saturated heterocycles. The molecule has 6 nitrogen and oxygen atoms in total. The maximum absolute atomic E-state index is 6.15. The van der Waals surface area contributed by atoms with E-state index in [2.05, 4.69) is 112 Å². The van der Waals surface area contributed by atoms with Crippen LogP contribution in [0.15, 0.2) is 168 Å². The number of benzene rings is 7. The van der Waals surface area contributed by atoms with Gasteiger partial charge in [-0.2, -0.15) is 9.97 Å². The van der Waals surface area contributed by atoms with E-state index in [-0.39, 0.29) is 0 Å². The molecule has 0 saturated carbocycles. The van der Waals surface area contributed by atoms with Gasteiger partial charge in [-0.15, -0.1) is 0 Å². The third kappa shape index (κ3) is 4.14. The second-order valence-electron chi connectivity index (χ2n) is 12.9. The molecule has 0 aliphatic heterocycles. The van der Waals surface area contributed by atoms with Crippen LogP contribution in [0.3, 0.4) is 0 Å². The first-order valence-corrected chi connectivity index (χ1v) is 17.0. The monoisotopic (exact) mass is 653 g/mol. The molecule has 0 spiro atoms. The summed E-state index contributed by atoms with van der Waals surface area (Å²) in [5.74, 6) is 1.76. The largest absolute Gasteiger partial charge is 0.456 e. The Hall–Kier alpha value is -7.05. The lowest BCUT2D eigenvalue weighted by atomic mass is 10.1. The summed E-state index contributed by atoms with van der Waals surface area (Å²) in [7, 11) is 0. The van der Waals surface area contributed by atoms with Crippen molar-refractivity contribution in [3.8, 4) is 34.4 Å². The molecule has 0 N–H and O–H groups in total. The molecule has 0 atom stereocenters. The number of rotatable bonds is 4. The van der Waals surface area contributed by atoms with Crippen LogP contribution >= 0.6 is 0 Å². The summed E-state index contributed by atoms with van der Waals surface area (Å²) in [6.45, 7) is 0. The van der Waals surface area contributed by atoms with Crippen molar-refractivity contribution in [2.24, 2.45) is 0 Å². The Kier molecular flexibility index (Phi) is 5.86. The van der Waals surface area contributed by atoms with Crippen LogP contribution in [0.25, 0.3) is 100.0 Å². The second kappa shape index (κ2) is 10.7. The fourth-order valence-electron chi connectivity index (χ4n) is 7.74. The SMILES string of the molecule is c1ccc(-c2nc(-c3ccc4oc5ccccc5c4c3)nc(-n3c4ccccc4c4c3ccc3c5ccccc5n(-c5ccccc5)c34)n2)cc1. The number of furan rings is 1. The lowest BCUT2D eigenvalue weighted by molar-refractivity contribution is 0.669. The predicted octanol–water partition coefficient (Wildman–Crippen LogP) is 11.3. The first-order valence-electron chi connectivity index (χ1n) is 17.0. The van der Waals surface area contributed by atoms with Gasteiger partial charge in [0, 0.05) is 49.1 Å². The van der Waals surface area contributed by atoms with E-state index in [0.717, 1.165) is 66.1 Å². The Morgan fingerprint density at radius 3 is 1.82 bits per heavy atom. The highest BCUT2D eigenvalue weighted by Crippen LogP contribution is 2.42. The van der Waals surface area contributed by atoms with Gasteiger partial charge in [0.2, 0.25) is 5.95 Å². The quantitative estimate of drug-likeness (QED) is 0.190. The zero-order valence-corrected chi connectivity index (χ0v) is 27.2. The highest BCUT2D eigenvalue weighted by molar-refractivity contribution is 6.26. The van der Waals surface area contributed by atoms with Gasteiger partial charge in [-0.3, -0.25) is 4.57 Å². The summed E-state index contributed by atoms with van der Waals surface area (Å²) < 4.78 is 10.7. The molecule has 0 aliphatic rings. The van der Waals surface area contributed by atoms with Crippen molar-refractivity contribution in [2.45, 2.75) is 0 Å². The number of fused-ring (bicyclic) bond motifs is 10. The van der Waals surface area contributed by atoms with Gasteiger partial charge in [0.05, 0.1) is 22.1 Å². The summed E-state index contributed by atoms with van der Waals surface area (Å²) in [6, 6.07) is 56.7. The van der Waals surface area contributed by atoms with Gasteiger partial charge >= 0.3 is 0 Å². The van der Waals surface area contributed by atoms with Gasteiger partial charge in [-0.25, -0.2) is 4.98 Å². The average Bonchev–Trinajstić information content (AvgIpc) is 3.86. The Balaban J connectivity index is 1.24. The fourth-order valence-corrected chi connectivity index (χ4v) is 7.74. The Morgan fingerprint density at radius 1 is 0.392 bits per heavy atom. The molecule has 7 aromatic carbocycles. The van der Waals surface area contributed by atoms with Crippen molar-refractivity contribution in [3.05, 3.63) is 164 Å². The second-order valence-corrected chi connectivity index (χ2v) is 12.9. The van der Waals surface area contributed by atoms with Gasteiger partial charge in [-0.1, -0.05) is 109 Å². The highest BCUT2D eigenvalue weighted by atomic mass is 16.3. The zero-order valence-electron chi connectivity index (χ0n) is 27.2. The summed E-state index contributed by atoms with van der Waals surface area (Å²) in [4.78, 5) is 15.5. The van der Waals surface area contributed by atoms with Crippen molar-refractivity contribution >= 4 is 65.6 Å². The van der Waals surface area contributed by atoms with Gasteiger partial charge < -0.3 is 8.98 Å². The normalized spacial score (nSPS) is 11.9. The predicted molar refractivity (Wildman–Crippen MR) is 207 cm³/mol. The molecule has 238 valence electrons. The van der Waals surface area contributed by atoms with Crippen LogP contribution in [0.5, 0.6) is 0 Å². The van der Waals surface area contributed by atoms with E-state index in [1.54, 1.807) is 0 Å². The molecular formula is C45H27N5O. The Bertz CT molecular complexity index is 3140. The molecule has 0 amide bonds. The van der Waals surface area contributed by atoms with Crippen LogP contribution in [0.2, 0.25) is 0 Å². The number of hydrogen-bond acceptors (Lipinski definition) is 4. The maximum Gasteiger partial charge on any atom is 0.238 e. The molecule has 4 heterocycles. The van der Waals surface area contributed by atoms with E-state index < -0.39 is 0 Å². The number of para-hydroxylation sites is 4. The molecule has 0 unspecified atom stereocenters. The summed E-state index contributed by atoms with van der Waals surface area (Å²) in [6.07, 6.45) is 0. The molecular weight excluding hydrogens is 627 g/mol. The summed E-state index contributed by atoms with van der Waals surface area (Å²) >= 11 is 0. The molecule has 0 aliphatic carbocycles. The van der Waals surface area contributed by atoms with Gasteiger partial charge in [-0.05, 0) is 54.6 Å². The molecule has 6 heteroatoms. The van der Waals surface area contributed by atoms with Gasteiger partial charge in [0.1, 0.15) is 11.2 Å². The van der Waals surface area contributed by atoms with Crippen molar-refractivity contribution < 1.29 is 4.42 Å². The topological polar surface area (TPSA) is 61.7 Å². The average molecular weight is 654 g/mol. The van der Waals surface area contributed by atoms with Crippen molar-refractivity contribution in [2.75, 3.05) is 0 Å². The fraction of sp³-hybridized carbons (Fsp3) is 0. The molecule has 51 heavy (non-hydrogen) atoms. The van der Waals surface area contributed by atoms with Crippen LogP contribution < -0.4 is 0 Å². The molecule has 0 fully saturated rings. The lowest BCUT2D eigenvalue weighted by Gasteiger charge is -2.11. The minimum Gasteiger partial charge on any atom is -0.456 e. The number of hydrogen-bond donors (Lipinski definition) is 0. The Morgan fingerprint density at radius 2 is 1.02 bits per heavy atom. The third-order valence-corrected chi connectivity index (χ3v) is 9.97. The van der Waals surface area contributed by atoms with Gasteiger partial charge in [0.15, 0.2) is 11.6 Å². The van der Waals surface area contributed by atoms with Crippen LogP contribution in [-0.4, -0.2) is 24.1 Å². The van der Waals surface area contributed by atoms with Crippen molar-refractivity contribution in [3.63, 3.8) is 0 Å². The highest BCUT2D eigenvalue weighted by Gasteiger charge is 2.23. The first kappa shape index (κ1) is 27.9. The Labute approximate surface area is 291 Å². The van der Waals surface area contributed by atoms with E-state index >= 15 is 0 Å². The van der Waals surface area contributed by atoms with E-state index in [9.17, 15) is 0 Å². The van der Waals surface area contributed by atoms with Crippen molar-refractivity contribution in [1.29, 1.82) is 0 Å². The molecule has 0 radical (unpaired) electrons. The molecule has 0 bridgehead atoms. The van der Waals surface area contributed by atoms with E-state index in [0.29, 0.717) is 17.6 Å². The molecule has 11 rings (SSSR count). The van der Waals surface area contributed by atoms with Crippen LogP contribution in [0.4, 0.5) is 0 Å². The van der Waals surface area contributed by atoms with Crippen LogP contribution in [-0.2, 0) is 0 Å². The van der Waals surface area contributed by atoms with E-state index in [1.807, 2.05) is 60.7 Å². The minimum atomic E-state index is 0.559. The number of nitrogens with zero attached hydrogens (tertiary/aromatic N) is 5. The zero-order chi connectivity index (χ0) is 33.5. The molecule has 11 aromatic rings. The maximum atomic E-state index is 6.15. The first-order chi connectivity index (χ1) is 25.3. The van der Waals surface area contributed by atoms with Gasteiger partial charge in [0.25, 0.3) is 0 Å². The lowest BCUT2D eigenvalue weighted by Crippen LogP contribution is -2.06. The number of aromatic nitrogens is 5. The summed E-state index contributed by atoms with van der Waals surface area (Å²) in [5.41, 5.74) is 8.99. The van der Waals surface area contributed by atoms with Crippen LogP contribution in [0.1, 0.15) is 0 Å². The van der Waals surface area contributed by atoms with E-state index in [1.165, 1.54) is 16.3 Å². The van der Waals surface area contributed by atoms with Crippen LogP contribution in [0, 0.1) is 0 Å². The minimum absolute atomic E-state index is 0.559. The third-order valence-electron chi connectivity index (χ3n) is 9.97. The van der Waals surface area contributed by atoms with Crippen molar-refractivity contribution in [1.82, 2.24) is 24.1 Å².